The number of carbonyl (C=O) groups is 2. The van der Waals surface area contributed by atoms with Gasteiger partial charge in [-0.1, -0.05) is 11.6 Å². The summed E-state index contributed by atoms with van der Waals surface area (Å²) in [6, 6.07) is 3.51. The minimum atomic E-state index is -1.15. The van der Waals surface area contributed by atoms with Crippen molar-refractivity contribution in [2.45, 2.75) is 57.8 Å². The third kappa shape index (κ3) is 7.88. The summed E-state index contributed by atoms with van der Waals surface area (Å²) in [6.07, 6.45) is -2.35. The van der Waals surface area contributed by atoms with Gasteiger partial charge in [-0.3, -0.25) is 19.1 Å². The van der Waals surface area contributed by atoms with Crippen LogP contribution >= 0.6 is 22.9 Å². The van der Waals surface area contributed by atoms with Crippen molar-refractivity contribution in [2.24, 2.45) is 0 Å². The molecule has 0 aliphatic carbocycles. The number of amides is 1. The van der Waals surface area contributed by atoms with Crippen LogP contribution in [0, 0.1) is 5.82 Å². The van der Waals surface area contributed by atoms with Crippen LogP contribution < -0.4 is 16.6 Å². The average Bonchev–Trinajstić information content (AvgIpc) is 3.36. The monoisotopic (exact) mass is 533 g/mol. The maximum atomic E-state index is 13.8. The second-order valence-electron chi connectivity index (χ2n) is 8.60. The van der Waals surface area contributed by atoms with Crippen LogP contribution in [0.2, 0.25) is 4.34 Å². The summed E-state index contributed by atoms with van der Waals surface area (Å²) >= 11 is 7.27. The van der Waals surface area contributed by atoms with Gasteiger partial charge in [-0.2, -0.15) is 4.39 Å². The van der Waals surface area contributed by atoms with E-state index < -0.39 is 59.7 Å². The van der Waals surface area contributed by atoms with E-state index in [1.54, 1.807) is 32.9 Å². The Bertz CT molecular complexity index is 1170. The smallest absolute Gasteiger partial charge is 0.408 e. The molecule has 3 rings (SSSR count). The van der Waals surface area contributed by atoms with Gasteiger partial charge in [0.1, 0.15) is 31.1 Å². The van der Waals surface area contributed by atoms with Crippen molar-refractivity contribution >= 4 is 35.0 Å². The van der Waals surface area contributed by atoms with Crippen LogP contribution in [0.1, 0.15) is 38.3 Å². The summed E-state index contributed by atoms with van der Waals surface area (Å²) in [5, 5.41) is 2.29. The second-order valence-corrected chi connectivity index (χ2v) is 10.4. The van der Waals surface area contributed by atoms with Crippen molar-refractivity contribution in [3.63, 3.8) is 0 Å². The number of hydrogen-bond acceptors (Lipinski definition) is 9. The summed E-state index contributed by atoms with van der Waals surface area (Å²) in [5.74, 6) is -1.90. The number of nitrogens with zero attached hydrogens (tertiary/aromatic N) is 1. The van der Waals surface area contributed by atoms with Crippen LogP contribution in [0.25, 0.3) is 0 Å². The van der Waals surface area contributed by atoms with Gasteiger partial charge in [-0.15, -0.1) is 11.3 Å². The first-order valence-corrected chi connectivity index (χ1v) is 11.8. The Balaban J connectivity index is 1.63. The zero-order chi connectivity index (χ0) is 25.8. The molecule has 1 aliphatic rings. The predicted molar refractivity (Wildman–Crippen MR) is 123 cm³/mol. The quantitative estimate of drug-likeness (QED) is 0.493. The fraction of sp³-hybridized carbons (Fsp3) is 0.524. The second kappa shape index (κ2) is 11.3. The highest BCUT2D eigenvalue weighted by molar-refractivity contribution is 7.16. The number of thiophene rings is 1. The van der Waals surface area contributed by atoms with Crippen molar-refractivity contribution in [3.05, 3.63) is 54.2 Å². The van der Waals surface area contributed by atoms with E-state index in [-0.39, 0.29) is 19.6 Å². The largest absolute Gasteiger partial charge is 0.461 e. The molecule has 11 nitrogen and oxygen atoms in total. The van der Waals surface area contributed by atoms with Gasteiger partial charge in [0.2, 0.25) is 5.82 Å². The number of ether oxygens (including phenoxy) is 4. The topological polar surface area (TPSA) is 138 Å². The van der Waals surface area contributed by atoms with E-state index in [2.05, 4.69) is 5.32 Å². The highest BCUT2D eigenvalue weighted by Gasteiger charge is 2.38. The molecule has 1 saturated heterocycles. The Morgan fingerprint density at radius 3 is 2.74 bits per heavy atom. The minimum absolute atomic E-state index is 0.114. The standard InChI is InChI=1S/C21H25ClFN3O8S/c1-21(2,3)34-20(30)24-7-17(27)32-10-14-13(31-9-11-4-5-15(22)35-11)6-16(33-14)26-8-12(23)18(28)25-19(26)29/h4-5,8,13-14,16H,6-7,9-10H2,1-3H3,(H,24,30)(H,25,28,29)/t13-,14+,16+/m0/s1. The molecule has 0 bridgehead atoms. The number of carbonyl (C=O) groups excluding carboxylic acids is 2. The molecule has 35 heavy (non-hydrogen) atoms. The van der Waals surface area contributed by atoms with Gasteiger partial charge in [0.15, 0.2) is 0 Å². The van der Waals surface area contributed by atoms with Crippen molar-refractivity contribution in [2.75, 3.05) is 13.2 Å². The molecule has 3 atom stereocenters. The lowest BCUT2D eigenvalue weighted by Crippen LogP contribution is -2.37. The lowest BCUT2D eigenvalue weighted by Gasteiger charge is -2.20. The number of aromatic nitrogens is 2. The van der Waals surface area contributed by atoms with Crippen LogP contribution in [0.5, 0.6) is 0 Å². The molecule has 0 saturated carbocycles. The molecule has 0 spiro atoms. The summed E-state index contributed by atoms with van der Waals surface area (Å²) in [5.41, 5.74) is -2.73. The summed E-state index contributed by atoms with van der Waals surface area (Å²) in [7, 11) is 0. The Hall–Kier alpha value is -2.74. The Morgan fingerprint density at radius 1 is 1.34 bits per heavy atom. The third-order valence-electron chi connectivity index (χ3n) is 4.67. The number of alkyl carbamates (subject to hydrolysis) is 1. The predicted octanol–water partition coefficient (Wildman–Crippen LogP) is 2.33. The number of H-pyrrole nitrogens is 1. The number of aromatic amines is 1. The molecule has 0 radical (unpaired) electrons. The van der Waals surface area contributed by atoms with E-state index in [1.807, 2.05) is 4.98 Å². The highest BCUT2D eigenvalue weighted by Crippen LogP contribution is 2.32. The van der Waals surface area contributed by atoms with Gasteiger partial charge < -0.3 is 24.3 Å². The first kappa shape index (κ1) is 26.9. The lowest BCUT2D eigenvalue weighted by molar-refractivity contribution is -0.150. The molecular weight excluding hydrogens is 509 g/mol. The van der Waals surface area contributed by atoms with Gasteiger partial charge >= 0.3 is 17.8 Å². The van der Waals surface area contributed by atoms with Crippen molar-refractivity contribution in [1.29, 1.82) is 0 Å². The molecule has 2 aromatic heterocycles. The molecule has 2 N–H and O–H groups in total. The summed E-state index contributed by atoms with van der Waals surface area (Å²) in [4.78, 5) is 50.0. The normalized spacial score (nSPS) is 20.0. The molecule has 0 aromatic carbocycles. The first-order chi connectivity index (χ1) is 16.4. The molecular formula is C21H25ClFN3O8S. The maximum absolute atomic E-state index is 13.8. The number of rotatable bonds is 8. The van der Waals surface area contributed by atoms with Crippen LogP contribution in [-0.4, -0.2) is 52.6 Å². The molecule has 0 unspecified atom stereocenters. The van der Waals surface area contributed by atoms with Crippen molar-refractivity contribution in [1.82, 2.24) is 14.9 Å². The molecule has 3 heterocycles. The number of hydrogen-bond donors (Lipinski definition) is 2. The molecule has 1 aliphatic heterocycles. The van der Waals surface area contributed by atoms with Crippen LogP contribution in [0.15, 0.2) is 27.9 Å². The Morgan fingerprint density at radius 2 is 2.09 bits per heavy atom. The number of halogens is 2. The average molecular weight is 534 g/mol. The maximum Gasteiger partial charge on any atom is 0.408 e. The fourth-order valence-corrected chi connectivity index (χ4v) is 4.18. The van der Waals surface area contributed by atoms with E-state index in [4.69, 9.17) is 30.5 Å². The lowest BCUT2D eigenvalue weighted by atomic mass is 10.2. The van der Waals surface area contributed by atoms with Crippen LogP contribution in [0.4, 0.5) is 9.18 Å². The van der Waals surface area contributed by atoms with E-state index in [1.165, 1.54) is 11.3 Å². The van der Waals surface area contributed by atoms with E-state index in [9.17, 15) is 23.6 Å². The SMILES string of the molecule is CC(C)(C)OC(=O)NCC(=O)OC[C@H]1O[C@@H](n2cc(F)c(=O)[nH]c2=O)C[C@@H]1OCc1ccc(Cl)s1. The number of esters is 1. The van der Waals surface area contributed by atoms with Gasteiger partial charge in [-0.05, 0) is 32.9 Å². The van der Waals surface area contributed by atoms with E-state index in [0.29, 0.717) is 4.34 Å². The fourth-order valence-electron chi connectivity index (χ4n) is 3.17. The van der Waals surface area contributed by atoms with Gasteiger partial charge in [-0.25, -0.2) is 9.59 Å². The molecule has 1 amide bonds. The van der Waals surface area contributed by atoms with Crippen molar-refractivity contribution < 1.29 is 32.9 Å². The van der Waals surface area contributed by atoms with Gasteiger partial charge in [0.05, 0.1) is 23.2 Å². The molecule has 2 aromatic rings. The van der Waals surface area contributed by atoms with Crippen LogP contribution in [0.3, 0.4) is 0 Å². The van der Waals surface area contributed by atoms with Gasteiger partial charge in [0.25, 0.3) is 5.56 Å². The highest BCUT2D eigenvalue weighted by atomic mass is 35.5. The Labute approximate surface area is 208 Å². The van der Waals surface area contributed by atoms with E-state index >= 15 is 0 Å². The molecule has 192 valence electrons. The summed E-state index contributed by atoms with van der Waals surface area (Å²) in [6.45, 7) is 4.53. The zero-order valence-electron chi connectivity index (χ0n) is 19.2. The molecule has 1 fully saturated rings. The zero-order valence-corrected chi connectivity index (χ0v) is 20.7. The Kier molecular flexibility index (Phi) is 8.70. The van der Waals surface area contributed by atoms with Crippen molar-refractivity contribution in [3.8, 4) is 0 Å². The number of nitrogens with one attached hydrogen (secondary N) is 2. The minimum Gasteiger partial charge on any atom is -0.461 e. The van der Waals surface area contributed by atoms with Crippen LogP contribution in [-0.2, 0) is 30.3 Å². The first-order valence-electron chi connectivity index (χ1n) is 10.6. The van der Waals surface area contributed by atoms with E-state index in [0.717, 1.165) is 15.6 Å². The van der Waals surface area contributed by atoms with Gasteiger partial charge in [0, 0.05) is 11.3 Å². The summed E-state index contributed by atoms with van der Waals surface area (Å²) < 4.78 is 37.2. The third-order valence-corrected chi connectivity index (χ3v) is 5.87. The molecule has 14 heteroatoms.